The molecule has 1 saturated carbocycles. The van der Waals surface area contributed by atoms with Crippen molar-refractivity contribution in [2.75, 3.05) is 0 Å². The van der Waals surface area contributed by atoms with E-state index in [4.69, 9.17) is 9.97 Å². The summed E-state index contributed by atoms with van der Waals surface area (Å²) < 4.78 is 0. The third-order valence-corrected chi connectivity index (χ3v) is 11.7. The van der Waals surface area contributed by atoms with E-state index in [1.54, 1.807) is 0 Å². The van der Waals surface area contributed by atoms with E-state index in [0.717, 1.165) is 41.3 Å². The van der Waals surface area contributed by atoms with Crippen molar-refractivity contribution in [1.29, 1.82) is 0 Å². The van der Waals surface area contributed by atoms with Crippen molar-refractivity contribution in [1.82, 2.24) is 9.97 Å². The van der Waals surface area contributed by atoms with Gasteiger partial charge in [0.15, 0.2) is 0 Å². The minimum Gasteiger partial charge on any atom is -0.256 e. The summed E-state index contributed by atoms with van der Waals surface area (Å²) in [6, 6.07) is 49.7. The summed E-state index contributed by atoms with van der Waals surface area (Å²) in [5.41, 5.74) is 19.8. The second-order valence-electron chi connectivity index (χ2n) is 16.0. The molecule has 0 unspecified atom stereocenters. The van der Waals surface area contributed by atoms with Gasteiger partial charge in [-0.05, 0) is 125 Å². The molecule has 0 radical (unpaired) electrons. The smallest absolute Gasteiger partial charge is 0.0708 e. The predicted molar refractivity (Wildman–Crippen MR) is 232 cm³/mol. The summed E-state index contributed by atoms with van der Waals surface area (Å²) in [4.78, 5) is 9.59. The molecule has 55 heavy (non-hydrogen) atoms. The number of hydrogen-bond acceptors (Lipinski definition) is 2. The van der Waals surface area contributed by atoms with Crippen molar-refractivity contribution in [3.8, 4) is 55.9 Å². The van der Waals surface area contributed by atoms with E-state index in [1.165, 1.54) is 98.9 Å². The molecule has 2 aromatic heterocycles. The maximum atomic E-state index is 4.88. The van der Waals surface area contributed by atoms with E-state index in [-0.39, 0.29) is 0 Å². The second kappa shape index (κ2) is 16.4. The van der Waals surface area contributed by atoms with Crippen molar-refractivity contribution in [2.24, 2.45) is 0 Å². The Kier molecular flexibility index (Phi) is 10.9. The zero-order chi connectivity index (χ0) is 37.7. The largest absolute Gasteiger partial charge is 0.256 e. The minimum absolute atomic E-state index is 0.488. The number of nitrogens with zero attached hydrogens (tertiary/aromatic N) is 2. The van der Waals surface area contributed by atoms with E-state index in [1.807, 2.05) is 12.4 Å². The Morgan fingerprint density at radius 2 is 1.11 bits per heavy atom. The zero-order valence-electron chi connectivity index (χ0n) is 32.9. The monoisotopic (exact) mass is 716 g/mol. The molecule has 0 aliphatic heterocycles. The lowest BCUT2D eigenvalue weighted by molar-refractivity contribution is 0.443. The van der Waals surface area contributed by atoms with Crippen molar-refractivity contribution in [3.63, 3.8) is 0 Å². The number of benzene rings is 5. The quantitative estimate of drug-likeness (QED) is 0.141. The first-order chi connectivity index (χ1) is 26.9. The summed E-state index contributed by atoms with van der Waals surface area (Å²) in [5, 5.41) is 0. The van der Waals surface area contributed by atoms with Gasteiger partial charge in [-0.3, -0.25) is 9.97 Å². The number of pyridine rings is 2. The third kappa shape index (κ3) is 8.40. The summed E-state index contributed by atoms with van der Waals surface area (Å²) in [6.07, 6.45) is 12.8. The van der Waals surface area contributed by atoms with Gasteiger partial charge in [0.2, 0.25) is 0 Å². The molecule has 274 valence electrons. The number of aryl methyl sites for hydroxylation is 4. The highest BCUT2D eigenvalue weighted by Crippen LogP contribution is 2.37. The summed E-state index contributed by atoms with van der Waals surface area (Å²) >= 11 is 0. The van der Waals surface area contributed by atoms with Gasteiger partial charge in [-0.2, -0.15) is 0 Å². The lowest BCUT2D eigenvalue weighted by Crippen LogP contribution is -2.04. The van der Waals surface area contributed by atoms with Crippen LogP contribution in [-0.4, -0.2) is 9.97 Å². The molecular formula is C53H52N2. The number of hydrogen-bond donors (Lipinski definition) is 0. The first-order valence-corrected chi connectivity index (χ1v) is 20.3. The Balaban J connectivity index is 0.980. The molecule has 0 spiro atoms. The fraction of sp³-hybridized carbons (Fsp3) is 0.245. The molecule has 5 aromatic carbocycles. The Morgan fingerprint density at radius 3 is 1.80 bits per heavy atom. The zero-order valence-corrected chi connectivity index (χ0v) is 32.9. The molecule has 2 nitrogen and oxygen atoms in total. The molecule has 0 N–H and O–H groups in total. The number of rotatable bonds is 10. The van der Waals surface area contributed by atoms with E-state index in [9.17, 15) is 0 Å². The van der Waals surface area contributed by atoms with Crippen LogP contribution in [0, 0.1) is 13.8 Å². The molecule has 8 rings (SSSR count). The molecule has 7 aromatic rings. The van der Waals surface area contributed by atoms with E-state index < -0.39 is 0 Å². The fourth-order valence-electron chi connectivity index (χ4n) is 8.38. The van der Waals surface area contributed by atoms with Crippen LogP contribution in [-0.2, 0) is 12.8 Å². The Morgan fingerprint density at radius 1 is 0.509 bits per heavy atom. The van der Waals surface area contributed by atoms with Crippen LogP contribution in [0.5, 0.6) is 0 Å². The molecule has 0 bridgehead atoms. The van der Waals surface area contributed by atoms with Crippen LogP contribution in [0.4, 0.5) is 0 Å². The molecule has 0 saturated heterocycles. The first kappa shape index (κ1) is 36.4. The molecule has 0 amide bonds. The lowest BCUT2D eigenvalue weighted by atomic mass is 9.83. The first-order valence-electron chi connectivity index (χ1n) is 20.3. The van der Waals surface area contributed by atoms with E-state index in [2.05, 4.69) is 161 Å². The highest BCUT2D eigenvalue weighted by Gasteiger charge is 2.16. The molecule has 2 heterocycles. The molecule has 2 heteroatoms. The lowest BCUT2D eigenvalue weighted by Gasteiger charge is -2.22. The minimum atomic E-state index is 0.488. The van der Waals surface area contributed by atoms with Gasteiger partial charge in [-0.15, -0.1) is 0 Å². The van der Waals surface area contributed by atoms with Crippen molar-refractivity contribution in [3.05, 3.63) is 179 Å². The Labute approximate surface area is 328 Å². The highest BCUT2D eigenvalue weighted by molar-refractivity contribution is 5.85. The van der Waals surface area contributed by atoms with Crippen LogP contribution in [0.25, 0.3) is 55.9 Å². The van der Waals surface area contributed by atoms with Gasteiger partial charge in [-0.1, -0.05) is 160 Å². The Bertz CT molecular complexity index is 2360. The van der Waals surface area contributed by atoms with Gasteiger partial charge < -0.3 is 0 Å². The van der Waals surface area contributed by atoms with E-state index in [0.29, 0.717) is 5.92 Å². The van der Waals surface area contributed by atoms with Crippen molar-refractivity contribution >= 4 is 0 Å². The SMILES string of the molecule is Cc1cc(CCc2ccc(-c3ccc(C(C)C)cn3)cc2)cc(-c2ccccc2-c2ccc(-c3cc(-c4ccc(C5CCCCC5)cc4)c(C)cn3)cc2)c1. The molecular weight excluding hydrogens is 665 g/mol. The van der Waals surface area contributed by atoms with Crippen molar-refractivity contribution in [2.45, 2.75) is 84.5 Å². The van der Waals surface area contributed by atoms with Gasteiger partial charge in [-0.25, -0.2) is 0 Å². The van der Waals surface area contributed by atoms with Crippen LogP contribution >= 0.6 is 0 Å². The van der Waals surface area contributed by atoms with Crippen LogP contribution in [0.2, 0.25) is 0 Å². The Hall–Kier alpha value is -5.60. The van der Waals surface area contributed by atoms with Gasteiger partial charge in [0.25, 0.3) is 0 Å². The maximum Gasteiger partial charge on any atom is 0.0708 e. The maximum absolute atomic E-state index is 4.88. The highest BCUT2D eigenvalue weighted by atomic mass is 14.7. The van der Waals surface area contributed by atoms with Crippen LogP contribution < -0.4 is 0 Å². The molecule has 1 fully saturated rings. The predicted octanol–water partition coefficient (Wildman–Crippen LogP) is 14.4. The van der Waals surface area contributed by atoms with Gasteiger partial charge in [0.05, 0.1) is 11.4 Å². The second-order valence-corrected chi connectivity index (χ2v) is 16.0. The molecule has 1 aliphatic carbocycles. The van der Waals surface area contributed by atoms with Crippen molar-refractivity contribution < 1.29 is 0 Å². The van der Waals surface area contributed by atoms with Gasteiger partial charge in [0.1, 0.15) is 0 Å². The summed E-state index contributed by atoms with van der Waals surface area (Å²) in [6.45, 7) is 8.79. The van der Waals surface area contributed by atoms with Crippen LogP contribution in [0.15, 0.2) is 146 Å². The van der Waals surface area contributed by atoms with E-state index >= 15 is 0 Å². The van der Waals surface area contributed by atoms with Crippen LogP contribution in [0.1, 0.15) is 91.2 Å². The average Bonchev–Trinajstić information content (AvgIpc) is 3.23. The van der Waals surface area contributed by atoms with Gasteiger partial charge in [0, 0.05) is 23.5 Å². The van der Waals surface area contributed by atoms with Crippen LogP contribution in [0.3, 0.4) is 0 Å². The summed E-state index contributed by atoms with van der Waals surface area (Å²) in [7, 11) is 0. The summed E-state index contributed by atoms with van der Waals surface area (Å²) in [5.74, 6) is 1.21. The standard InChI is InChI=1S/C53H52N2/c1-36(2)47-28-29-52(55-35-47)45-18-16-39(17-19-45)14-15-40-30-37(3)31-48(32-40)50-13-9-8-12-49(50)43-24-26-46(27-25-43)53-33-51(38(4)34-54-53)44-22-20-42(21-23-44)41-10-6-5-7-11-41/h8-9,12-13,16-36,41H,5-7,10-11,14-15H2,1-4H3. The fourth-order valence-corrected chi connectivity index (χ4v) is 8.38. The molecule has 0 atom stereocenters. The van der Waals surface area contributed by atoms with Gasteiger partial charge >= 0.3 is 0 Å². The normalized spacial score (nSPS) is 13.3. The third-order valence-electron chi connectivity index (χ3n) is 11.7. The molecule has 1 aliphatic rings. The topological polar surface area (TPSA) is 25.8 Å². The number of aromatic nitrogens is 2. The average molecular weight is 717 g/mol.